The van der Waals surface area contributed by atoms with Gasteiger partial charge in [0, 0.05) is 19.0 Å². The Morgan fingerprint density at radius 1 is 1.29 bits per heavy atom. The summed E-state index contributed by atoms with van der Waals surface area (Å²) in [6.45, 7) is 3.51. The molecule has 96 valence electrons. The van der Waals surface area contributed by atoms with E-state index in [0.29, 0.717) is 11.8 Å². The number of carbonyl (C=O) groups is 1. The van der Waals surface area contributed by atoms with Crippen LogP contribution in [0.15, 0.2) is 12.2 Å². The van der Waals surface area contributed by atoms with Crippen molar-refractivity contribution in [3.8, 4) is 0 Å². The van der Waals surface area contributed by atoms with Crippen molar-refractivity contribution in [1.29, 1.82) is 0 Å². The lowest BCUT2D eigenvalue weighted by Crippen LogP contribution is -2.43. The van der Waals surface area contributed by atoms with Crippen molar-refractivity contribution < 1.29 is 9.90 Å². The number of nitrogens with zero attached hydrogens (tertiary/aromatic N) is 1. The summed E-state index contributed by atoms with van der Waals surface area (Å²) in [6.07, 6.45) is 8.93. The molecule has 0 aromatic rings. The average Bonchev–Trinajstić information content (AvgIpc) is 2.39. The highest BCUT2D eigenvalue weighted by molar-refractivity contribution is 5.79. The number of aliphatic hydroxyl groups excluding tert-OH is 1. The minimum absolute atomic E-state index is 0.211. The summed E-state index contributed by atoms with van der Waals surface area (Å²) in [7, 11) is 0. The molecule has 2 aliphatic rings. The number of hydrogen-bond donors (Lipinski definition) is 1. The van der Waals surface area contributed by atoms with Crippen molar-refractivity contribution in [3.05, 3.63) is 12.2 Å². The summed E-state index contributed by atoms with van der Waals surface area (Å²) >= 11 is 0. The molecule has 0 aromatic heterocycles. The van der Waals surface area contributed by atoms with E-state index in [0.717, 1.165) is 45.2 Å². The molecular weight excluding hydrogens is 214 g/mol. The van der Waals surface area contributed by atoms with E-state index in [1.54, 1.807) is 0 Å². The van der Waals surface area contributed by atoms with Crippen LogP contribution in [0, 0.1) is 11.8 Å². The molecule has 1 aliphatic heterocycles. The zero-order valence-electron chi connectivity index (χ0n) is 10.6. The molecule has 1 fully saturated rings. The van der Waals surface area contributed by atoms with Gasteiger partial charge >= 0.3 is 0 Å². The monoisotopic (exact) mass is 237 g/mol. The maximum Gasteiger partial charge on any atom is 0.226 e. The van der Waals surface area contributed by atoms with Crippen molar-refractivity contribution in [2.75, 3.05) is 13.1 Å². The van der Waals surface area contributed by atoms with Crippen LogP contribution in [0.1, 0.15) is 39.0 Å². The van der Waals surface area contributed by atoms with E-state index in [4.69, 9.17) is 0 Å². The van der Waals surface area contributed by atoms with Crippen LogP contribution in [-0.2, 0) is 4.79 Å². The zero-order chi connectivity index (χ0) is 12.3. The van der Waals surface area contributed by atoms with Gasteiger partial charge in [0.25, 0.3) is 0 Å². The largest absolute Gasteiger partial charge is 0.393 e. The first-order valence-electron chi connectivity index (χ1n) is 6.80. The highest BCUT2D eigenvalue weighted by Crippen LogP contribution is 2.25. The summed E-state index contributed by atoms with van der Waals surface area (Å²) in [6, 6.07) is 0. The predicted molar refractivity (Wildman–Crippen MR) is 67.5 cm³/mol. The molecule has 0 radical (unpaired) electrons. The minimum atomic E-state index is -0.232. The maximum atomic E-state index is 12.3. The molecule has 2 unspecified atom stereocenters. The van der Waals surface area contributed by atoms with Gasteiger partial charge in [-0.1, -0.05) is 12.2 Å². The van der Waals surface area contributed by atoms with Crippen LogP contribution in [0.3, 0.4) is 0 Å². The van der Waals surface area contributed by atoms with Gasteiger partial charge in [0.1, 0.15) is 0 Å². The molecule has 1 saturated heterocycles. The first-order chi connectivity index (χ1) is 8.18. The van der Waals surface area contributed by atoms with Gasteiger partial charge in [-0.15, -0.1) is 0 Å². The van der Waals surface area contributed by atoms with Gasteiger partial charge in [0.2, 0.25) is 5.91 Å². The lowest BCUT2D eigenvalue weighted by Gasteiger charge is -2.35. The molecule has 17 heavy (non-hydrogen) atoms. The fourth-order valence-electron chi connectivity index (χ4n) is 2.88. The van der Waals surface area contributed by atoms with Gasteiger partial charge in [-0.05, 0) is 44.9 Å². The summed E-state index contributed by atoms with van der Waals surface area (Å²) in [4.78, 5) is 14.3. The van der Waals surface area contributed by atoms with Crippen LogP contribution in [0.2, 0.25) is 0 Å². The number of hydrogen-bond acceptors (Lipinski definition) is 2. The molecule has 2 atom stereocenters. The summed E-state index contributed by atoms with van der Waals surface area (Å²) < 4.78 is 0. The van der Waals surface area contributed by atoms with Crippen molar-refractivity contribution in [2.45, 2.75) is 45.1 Å². The fraction of sp³-hybridized carbons (Fsp3) is 0.786. The Kier molecular flexibility index (Phi) is 4.21. The number of aliphatic hydroxyl groups is 1. The molecule has 2 rings (SSSR count). The maximum absolute atomic E-state index is 12.3. The van der Waals surface area contributed by atoms with Crippen LogP contribution in [0.25, 0.3) is 0 Å². The van der Waals surface area contributed by atoms with Crippen molar-refractivity contribution >= 4 is 5.91 Å². The number of carbonyl (C=O) groups excluding carboxylic acids is 1. The number of piperidine rings is 1. The lowest BCUT2D eigenvalue weighted by molar-refractivity contribution is -0.137. The van der Waals surface area contributed by atoms with E-state index in [9.17, 15) is 9.90 Å². The van der Waals surface area contributed by atoms with Crippen LogP contribution in [0.4, 0.5) is 0 Å². The van der Waals surface area contributed by atoms with Gasteiger partial charge in [-0.3, -0.25) is 4.79 Å². The van der Waals surface area contributed by atoms with Crippen LogP contribution >= 0.6 is 0 Å². The summed E-state index contributed by atoms with van der Waals surface area (Å²) in [5.74, 6) is 0.923. The standard InChI is InChI=1S/C14H23NO2/c1-11(16)12-7-9-15(10-8-12)14(17)13-5-3-2-4-6-13/h2-3,11-13,16H,4-10H2,1H3. The van der Waals surface area contributed by atoms with Gasteiger partial charge in [-0.2, -0.15) is 0 Å². The minimum Gasteiger partial charge on any atom is -0.393 e. The smallest absolute Gasteiger partial charge is 0.226 e. The highest BCUT2D eigenvalue weighted by Gasteiger charge is 2.29. The van der Waals surface area contributed by atoms with Gasteiger partial charge in [0.05, 0.1) is 6.10 Å². The Labute approximate surface area is 103 Å². The molecule has 1 aliphatic carbocycles. The first kappa shape index (κ1) is 12.6. The normalized spacial score (nSPS) is 28.1. The van der Waals surface area contributed by atoms with Crippen LogP contribution in [0.5, 0.6) is 0 Å². The highest BCUT2D eigenvalue weighted by atomic mass is 16.3. The number of amides is 1. The molecule has 0 saturated carbocycles. The first-order valence-corrected chi connectivity index (χ1v) is 6.80. The zero-order valence-corrected chi connectivity index (χ0v) is 10.6. The van der Waals surface area contributed by atoms with E-state index in [2.05, 4.69) is 12.2 Å². The number of allylic oxidation sites excluding steroid dienone is 2. The van der Waals surface area contributed by atoms with Gasteiger partial charge in [-0.25, -0.2) is 0 Å². The second-order valence-electron chi connectivity index (χ2n) is 5.38. The van der Waals surface area contributed by atoms with Gasteiger partial charge in [0.15, 0.2) is 0 Å². The molecular formula is C14H23NO2. The van der Waals surface area contributed by atoms with E-state index in [1.807, 2.05) is 11.8 Å². The molecule has 0 spiro atoms. The molecule has 1 amide bonds. The second-order valence-corrected chi connectivity index (χ2v) is 5.38. The van der Waals surface area contributed by atoms with E-state index in [1.165, 1.54) is 0 Å². The predicted octanol–water partition coefficient (Wildman–Crippen LogP) is 1.96. The fourth-order valence-corrected chi connectivity index (χ4v) is 2.88. The van der Waals surface area contributed by atoms with Gasteiger partial charge < -0.3 is 10.0 Å². The third kappa shape index (κ3) is 3.09. The molecule has 0 bridgehead atoms. The molecule has 3 nitrogen and oxygen atoms in total. The topological polar surface area (TPSA) is 40.5 Å². The van der Waals surface area contributed by atoms with E-state index >= 15 is 0 Å². The quantitative estimate of drug-likeness (QED) is 0.746. The SMILES string of the molecule is CC(O)C1CCN(C(=O)C2CC=CCC2)CC1. The number of rotatable bonds is 2. The molecule has 1 heterocycles. The van der Waals surface area contributed by atoms with Crippen LogP contribution < -0.4 is 0 Å². The third-order valence-electron chi connectivity index (χ3n) is 4.15. The van der Waals surface area contributed by atoms with Crippen molar-refractivity contribution in [2.24, 2.45) is 11.8 Å². The number of likely N-dealkylation sites (tertiary alicyclic amines) is 1. The van der Waals surface area contributed by atoms with E-state index in [-0.39, 0.29) is 12.0 Å². The summed E-state index contributed by atoms with van der Waals surface area (Å²) in [5, 5.41) is 9.54. The Bertz CT molecular complexity index is 291. The second kappa shape index (κ2) is 5.67. The Morgan fingerprint density at radius 2 is 2.00 bits per heavy atom. The Balaban J connectivity index is 1.83. The molecule has 3 heteroatoms. The van der Waals surface area contributed by atoms with E-state index < -0.39 is 0 Å². The molecule has 1 N–H and O–H groups in total. The molecule has 0 aromatic carbocycles. The Hall–Kier alpha value is -0.830. The van der Waals surface area contributed by atoms with Crippen molar-refractivity contribution in [1.82, 2.24) is 4.90 Å². The lowest BCUT2D eigenvalue weighted by atomic mass is 9.89. The third-order valence-corrected chi connectivity index (χ3v) is 4.15. The van der Waals surface area contributed by atoms with Crippen molar-refractivity contribution in [3.63, 3.8) is 0 Å². The Morgan fingerprint density at radius 3 is 2.53 bits per heavy atom. The average molecular weight is 237 g/mol. The summed E-state index contributed by atoms with van der Waals surface area (Å²) in [5.41, 5.74) is 0. The van der Waals surface area contributed by atoms with Crippen LogP contribution in [-0.4, -0.2) is 35.1 Å².